The maximum absolute atomic E-state index is 11.4. The molecule has 0 radical (unpaired) electrons. The topological polar surface area (TPSA) is 53.3 Å². The molecule has 0 aliphatic carbocycles. The summed E-state index contributed by atoms with van der Waals surface area (Å²) in [6.07, 6.45) is 1.47. The fourth-order valence-electron chi connectivity index (χ4n) is 2.33. The number of nitriles is 1. The minimum absolute atomic E-state index is 0.241. The summed E-state index contributed by atoms with van der Waals surface area (Å²) in [6.45, 7) is 8.27. The summed E-state index contributed by atoms with van der Waals surface area (Å²) in [5.74, 6) is 5.73. The average Bonchev–Trinajstić information content (AvgIpc) is 2.51. The predicted octanol–water partition coefficient (Wildman–Crippen LogP) is 3.35. The van der Waals surface area contributed by atoms with Gasteiger partial charge in [0.15, 0.2) is 0 Å². The predicted molar refractivity (Wildman–Crippen MR) is 90.5 cm³/mol. The highest BCUT2D eigenvalue weighted by atomic mass is 16.5. The number of carbonyl (C=O) groups is 1. The zero-order valence-electron chi connectivity index (χ0n) is 14.3. The normalized spacial score (nSPS) is 10.8. The van der Waals surface area contributed by atoms with Crippen molar-refractivity contribution >= 4 is 5.97 Å². The maximum atomic E-state index is 11.4. The van der Waals surface area contributed by atoms with Crippen molar-refractivity contribution in [3.05, 3.63) is 47.2 Å². The summed E-state index contributed by atoms with van der Waals surface area (Å²) in [7, 11) is 1.35. The van der Waals surface area contributed by atoms with Crippen molar-refractivity contribution in [1.29, 1.82) is 5.26 Å². The second-order valence-corrected chi connectivity index (χ2v) is 5.57. The molecule has 0 aliphatic heterocycles. The van der Waals surface area contributed by atoms with Crippen LogP contribution < -0.4 is 0 Å². The van der Waals surface area contributed by atoms with Gasteiger partial charge in [0.05, 0.1) is 24.4 Å². The van der Waals surface area contributed by atoms with E-state index in [1.165, 1.54) is 13.2 Å². The molecule has 0 spiro atoms. The van der Waals surface area contributed by atoms with Crippen molar-refractivity contribution < 1.29 is 9.53 Å². The Morgan fingerprint density at radius 2 is 1.74 bits per heavy atom. The lowest BCUT2D eigenvalue weighted by Gasteiger charge is -2.32. The van der Waals surface area contributed by atoms with E-state index in [-0.39, 0.29) is 18.1 Å². The van der Waals surface area contributed by atoms with E-state index < -0.39 is 0 Å². The summed E-state index contributed by atoms with van der Waals surface area (Å²) in [6, 6.07) is 9.41. The first-order chi connectivity index (χ1) is 10.9. The molecule has 0 aromatic heterocycles. The fourth-order valence-corrected chi connectivity index (χ4v) is 2.33. The fraction of sp³-hybridized carbons (Fsp3) is 0.368. The van der Waals surface area contributed by atoms with Crippen LogP contribution in [0.4, 0.5) is 0 Å². The molecule has 1 aromatic rings. The molecular weight excluding hydrogens is 288 g/mol. The van der Waals surface area contributed by atoms with E-state index in [9.17, 15) is 4.79 Å². The molecule has 0 amide bonds. The molecular formula is C19H22N2O2. The van der Waals surface area contributed by atoms with Crippen molar-refractivity contribution in [2.24, 2.45) is 0 Å². The lowest BCUT2D eigenvalue weighted by Crippen LogP contribution is -2.35. The summed E-state index contributed by atoms with van der Waals surface area (Å²) >= 11 is 0. The molecule has 120 valence electrons. The Balaban J connectivity index is 3.08. The molecule has 4 heteroatoms. The van der Waals surface area contributed by atoms with Crippen molar-refractivity contribution in [2.45, 2.75) is 39.8 Å². The molecule has 0 saturated heterocycles. The van der Waals surface area contributed by atoms with Crippen molar-refractivity contribution in [1.82, 2.24) is 4.90 Å². The van der Waals surface area contributed by atoms with Gasteiger partial charge in [-0.3, -0.25) is 0 Å². The molecule has 4 nitrogen and oxygen atoms in total. The van der Waals surface area contributed by atoms with Gasteiger partial charge in [0, 0.05) is 23.7 Å². The van der Waals surface area contributed by atoms with E-state index in [2.05, 4.69) is 55.2 Å². The number of ether oxygens (including phenoxy) is 1. The highest BCUT2D eigenvalue weighted by Crippen LogP contribution is 2.14. The molecule has 0 saturated carbocycles. The molecule has 0 atom stereocenters. The third-order valence-corrected chi connectivity index (χ3v) is 3.23. The van der Waals surface area contributed by atoms with Gasteiger partial charge in [-0.1, -0.05) is 5.92 Å². The quantitative estimate of drug-likeness (QED) is 0.486. The Morgan fingerprint density at radius 3 is 2.17 bits per heavy atom. The second-order valence-electron chi connectivity index (χ2n) is 5.57. The summed E-state index contributed by atoms with van der Waals surface area (Å²) < 4.78 is 4.66. The van der Waals surface area contributed by atoms with E-state index in [1.54, 1.807) is 24.3 Å². The van der Waals surface area contributed by atoms with E-state index >= 15 is 0 Å². The molecule has 0 bridgehead atoms. The van der Waals surface area contributed by atoms with Gasteiger partial charge in [0.25, 0.3) is 0 Å². The van der Waals surface area contributed by atoms with Gasteiger partial charge in [0.2, 0.25) is 0 Å². The zero-order chi connectivity index (χ0) is 17.4. The Kier molecular flexibility index (Phi) is 6.90. The third-order valence-electron chi connectivity index (χ3n) is 3.23. The zero-order valence-corrected chi connectivity index (χ0v) is 14.3. The highest BCUT2D eigenvalue weighted by molar-refractivity contribution is 5.89. The van der Waals surface area contributed by atoms with Crippen LogP contribution >= 0.6 is 0 Å². The number of hydrogen-bond donors (Lipinski definition) is 0. The van der Waals surface area contributed by atoms with E-state index in [1.807, 2.05) is 0 Å². The van der Waals surface area contributed by atoms with Gasteiger partial charge in [-0.15, -0.1) is 0 Å². The Labute approximate surface area is 138 Å². The molecule has 0 heterocycles. The van der Waals surface area contributed by atoms with Crippen LogP contribution in [0.2, 0.25) is 0 Å². The minimum atomic E-state index is -0.375. The smallest absolute Gasteiger partial charge is 0.337 e. The second kappa shape index (κ2) is 8.66. The van der Waals surface area contributed by atoms with Gasteiger partial charge in [-0.25, -0.2) is 4.79 Å². The van der Waals surface area contributed by atoms with Crippen LogP contribution in [0.1, 0.15) is 43.6 Å². The van der Waals surface area contributed by atoms with E-state index in [0.717, 1.165) is 5.56 Å². The number of rotatable bonds is 4. The first kappa shape index (κ1) is 18.3. The first-order valence-corrected chi connectivity index (χ1v) is 7.49. The van der Waals surface area contributed by atoms with Crippen LogP contribution in [0.5, 0.6) is 0 Å². The summed E-state index contributed by atoms with van der Waals surface area (Å²) in [4.78, 5) is 13.5. The molecule has 0 aliphatic rings. The molecule has 1 rings (SSSR count). The van der Waals surface area contributed by atoms with E-state index in [4.69, 9.17) is 5.26 Å². The SMILES string of the molecule is COC(=O)c1ccc(C#C/C(=C/C#N)N(C(C)C)C(C)C)cc1. The number of nitrogens with zero attached hydrogens (tertiary/aromatic N) is 2. The Hall–Kier alpha value is -2.72. The average molecular weight is 310 g/mol. The lowest BCUT2D eigenvalue weighted by atomic mass is 10.1. The Bertz CT molecular complexity index is 660. The number of esters is 1. The van der Waals surface area contributed by atoms with Crippen LogP contribution in [-0.4, -0.2) is 30.1 Å². The number of allylic oxidation sites excluding steroid dienone is 2. The van der Waals surface area contributed by atoms with Crippen LogP contribution in [0.25, 0.3) is 0 Å². The molecule has 0 fully saturated rings. The summed E-state index contributed by atoms with van der Waals surface area (Å²) in [5, 5.41) is 9.00. The van der Waals surface area contributed by atoms with Gasteiger partial charge in [0.1, 0.15) is 0 Å². The molecule has 1 aromatic carbocycles. The van der Waals surface area contributed by atoms with Crippen LogP contribution in [0, 0.1) is 23.2 Å². The van der Waals surface area contributed by atoms with Gasteiger partial charge >= 0.3 is 5.97 Å². The lowest BCUT2D eigenvalue weighted by molar-refractivity contribution is 0.0600. The molecule has 0 unspecified atom stereocenters. The van der Waals surface area contributed by atoms with Gasteiger partial charge in [-0.2, -0.15) is 5.26 Å². The minimum Gasteiger partial charge on any atom is -0.465 e. The highest BCUT2D eigenvalue weighted by Gasteiger charge is 2.15. The monoisotopic (exact) mass is 310 g/mol. The standard InChI is InChI=1S/C19H22N2O2/c1-14(2)21(15(3)4)18(12-13-20)11-8-16-6-9-17(10-7-16)19(22)23-5/h6-7,9-10,12,14-15H,1-5H3/b18-12-. The number of methoxy groups -OCH3 is 1. The van der Waals surface area contributed by atoms with Crippen LogP contribution in [0.15, 0.2) is 36.0 Å². The first-order valence-electron chi connectivity index (χ1n) is 7.49. The van der Waals surface area contributed by atoms with Crippen LogP contribution in [-0.2, 0) is 4.74 Å². The molecule has 23 heavy (non-hydrogen) atoms. The third kappa shape index (κ3) is 5.20. The van der Waals surface area contributed by atoms with Gasteiger partial charge in [-0.05, 0) is 57.9 Å². The van der Waals surface area contributed by atoms with Crippen LogP contribution in [0.3, 0.4) is 0 Å². The van der Waals surface area contributed by atoms with Crippen molar-refractivity contribution in [2.75, 3.05) is 7.11 Å². The van der Waals surface area contributed by atoms with Gasteiger partial charge < -0.3 is 9.64 Å². The van der Waals surface area contributed by atoms with E-state index in [0.29, 0.717) is 11.3 Å². The van der Waals surface area contributed by atoms with Crippen molar-refractivity contribution in [3.8, 4) is 17.9 Å². The number of benzene rings is 1. The largest absolute Gasteiger partial charge is 0.465 e. The molecule has 0 N–H and O–H groups in total. The van der Waals surface area contributed by atoms with Crippen molar-refractivity contribution in [3.63, 3.8) is 0 Å². The Morgan fingerprint density at radius 1 is 1.17 bits per heavy atom. The maximum Gasteiger partial charge on any atom is 0.337 e. The summed E-state index contributed by atoms with van der Waals surface area (Å²) in [5.41, 5.74) is 1.94. The number of hydrogen-bond acceptors (Lipinski definition) is 4. The number of carbonyl (C=O) groups excluding carboxylic acids is 1.